The fourth-order valence-corrected chi connectivity index (χ4v) is 4.52. The van der Waals surface area contributed by atoms with Gasteiger partial charge in [-0.15, -0.1) is 0 Å². The Labute approximate surface area is 183 Å². The number of hydrogen-bond donors (Lipinski definition) is 0. The molecule has 5 aromatic rings. The lowest BCUT2D eigenvalue weighted by atomic mass is 9.95. The molecule has 2 nitrogen and oxygen atoms in total. The van der Waals surface area contributed by atoms with Gasteiger partial charge in [0.15, 0.2) is 0 Å². The predicted octanol–water partition coefficient (Wildman–Crippen LogP) is 8.27. The Balaban J connectivity index is 1.54. The number of benzene rings is 5. The normalized spacial score (nSPS) is 11.5. The van der Waals surface area contributed by atoms with Crippen LogP contribution in [0.15, 0.2) is 72.8 Å². The summed E-state index contributed by atoms with van der Waals surface area (Å²) in [4.78, 5) is 0. The summed E-state index contributed by atoms with van der Waals surface area (Å²) in [5.74, 6) is 1.85. The van der Waals surface area contributed by atoms with Gasteiger partial charge in [0.2, 0.25) is 0 Å². The topological polar surface area (TPSA) is 18.5 Å². The molecule has 0 aliphatic rings. The lowest BCUT2D eigenvalue weighted by molar-refractivity contribution is 0.305. The Hall–Kier alpha value is -3.26. The molecule has 0 aromatic heterocycles. The largest absolute Gasteiger partial charge is 0.497 e. The van der Waals surface area contributed by atoms with Gasteiger partial charge in [0.25, 0.3) is 0 Å². The molecular weight excluding hydrogens is 380 g/mol. The molecule has 31 heavy (non-hydrogen) atoms. The van der Waals surface area contributed by atoms with Gasteiger partial charge in [0.1, 0.15) is 11.5 Å². The zero-order chi connectivity index (χ0) is 21.2. The summed E-state index contributed by atoms with van der Waals surface area (Å²) < 4.78 is 11.4. The smallest absolute Gasteiger partial charge is 0.119 e. The Kier molecular flexibility index (Phi) is 5.38. The van der Waals surface area contributed by atoms with E-state index in [9.17, 15) is 0 Å². The summed E-state index contributed by atoms with van der Waals surface area (Å²) in [6.07, 6.45) is 4.89. The van der Waals surface area contributed by atoms with Crippen LogP contribution in [-0.2, 0) is 0 Å². The Morgan fingerprint density at radius 1 is 0.548 bits per heavy atom. The van der Waals surface area contributed by atoms with Gasteiger partial charge in [0.05, 0.1) is 13.7 Å². The van der Waals surface area contributed by atoms with E-state index in [0.29, 0.717) is 0 Å². The first-order valence-corrected chi connectivity index (χ1v) is 11.3. The molecule has 5 aromatic carbocycles. The standard InChI is InChI=1S/C29H28O2/c1-3-4-5-6-15-31-25-12-14-27-21(17-25)8-10-23-18-28-22(19-29(23)27)9-7-20-16-24(30-2)11-13-26(20)28/h7-14,16-19H,3-6,15H2,1-2H3. The number of ether oxygens (including phenoxy) is 2. The second-order valence-electron chi connectivity index (χ2n) is 8.30. The van der Waals surface area contributed by atoms with Crippen molar-refractivity contribution in [2.45, 2.75) is 32.6 Å². The monoisotopic (exact) mass is 408 g/mol. The van der Waals surface area contributed by atoms with E-state index in [-0.39, 0.29) is 0 Å². The molecule has 0 N–H and O–H groups in total. The Bertz CT molecular complexity index is 1380. The van der Waals surface area contributed by atoms with Crippen molar-refractivity contribution in [1.29, 1.82) is 0 Å². The fraction of sp³-hybridized carbons (Fsp3) is 0.241. The molecule has 0 unspecified atom stereocenters. The molecule has 0 bridgehead atoms. The molecule has 0 fully saturated rings. The van der Waals surface area contributed by atoms with Crippen LogP contribution in [-0.4, -0.2) is 13.7 Å². The highest BCUT2D eigenvalue weighted by atomic mass is 16.5. The molecule has 0 amide bonds. The maximum atomic E-state index is 6.00. The number of unbranched alkanes of at least 4 members (excludes halogenated alkanes) is 3. The minimum Gasteiger partial charge on any atom is -0.497 e. The number of methoxy groups -OCH3 is 1. The third-order valence-corrected chi connectivity index (χ3v) is 6.24. The van der Waals surface area contributed by atoms with Crippen molar-refractivity contribution in [3.05, 3.63) is 72.8 Å². The fourth-order valence-electron chi connectivity index (χ4n) is 4.52. The van der Waals surface area contributed by atoms with Gasteiger partial charge >= 0.3 is 0 Å². The molecule has 0 atom stereocenters. The maximum absolute atomic E-state index is 6.00. The number of fused-ring (bicyclic) bond motifs is 6. The van der Waals surface area contributed by atoms with Crippen LogP contribution in [0.3, 0.4) is 0 Å². The zero-order valence-corrected chi connectivity index (χ0v) is 18.3. The van der Waals surface area contributed by atoms with Crippen LogP contribution >= 0.6 is 0 Å². The quantitative estimate of drug-likeness (QED) is 0.153. The van der Waals surface area contributed by atoms with Crippen LogP contribution in [0.5, 0.6) is 11.5 Å². The lowest BCUT2D eigenvalue weighted by Gasteiger charge is -2.11. The van der Waals surface area contributed by atoms with Crippen LogP contribution in [0.4, 0.5) is 0 Å². The van der Waals surface area contributed by atoms with E-state index in [1.807, 2.05) is 6.07 Å². The van der Waals surface area contributed by atoms with Gasteiger partial charge in [-0.3, -0.25) is 0 Å². The van der Waals surface area contributed by atoms with Crippen molar-refractivity contribution in [3.63, 3.8) is 0 Å². The third kappa shape index (κ3) is 3.79. The van der Waals surface area contributed by atoms with Crippen LogP contribution in [0.25, 0.3) is 43.1 Å². The molecule has 2 heteroatoms. The molecule has 0 heterocycles. The predicted molar refractivity (Wildman–Crippen MR) is 133 cm³/mol. The van der Waals surface area contributed by atoms with Crippen molar-refractivity contribution >= 4 is 43.1 Å². The molecule has 0 saturated carbocycles. The van der Waals surface area contributed by atoms with E-state index < -0.39 is 0 Å². The molecule has 0 radical (unpaired) electrons. The minimum absolute atomic E-state index is 0.793. The van der Waals surface area contributed by atoms with Gasteiger partial charge in [-0.2, -0.15) is 0 Å². The molecule has 0 aliphatic carbocycles. The van der Waals surface area contributed by atoms with E-state index in [1.165, 1.54) is 62.4 Å². The molecule has 0 spiro atoms. The summed E-state index contributed by atoms with van der Waals surface area (Å²) in [7, 11) is 1.71. The number of hydrogen-bond acceptors (Lipinski definition) is 2. The van der Waals surface area contributed by atoms with Gasteiger partial charge in [-0.1, -0.05) is 62.6 Å². The summed E-state index contributed by atoms with van der Waals surface area (Å²) in [6, 6.07) is 26.3. The highest BCUT2D eigenvalue weighted by Crippen LogP contribution is 2.35. The van der Waals surface area contributed by atoms with Gasteiger partial charge in [-0.25, -0.2) is 0 Å². The van der Waals surface area contributed by atoms with Crippen molar-refractivity contribution in [2.24, 2.45) is 0 Å². The molecule has 156 valence electrons. The molecule has 0 aliphatic heterocycles. The van der Waals surface area contributed by atoms with E-state index in [2.05, 4.69) is 73.7 Å². The summed E-state index contributed by atoms with van der Waals surface area (Å²) in [5, 5.41) is 10.0. The SMILES string of the molecule is CCCCCCOc1ccc2c(ccc3cc4c(ccc5cc(OC)ccc54)cc32)c1. The average Bonchev–Trinajstić information content (AvgIpc) is 2.82. The highest BCUT2D eigenvalue weighted by molar-refractivity contribution is 6.17. The van der Waals surface area contributed by atoms with Crippen molar-refractivity contribution in [1.82, 2.24) is 0 Å². The lowest BCUT2D eigenvalue weighted by Crippen LogP contribution is -1.97. The summed E-state index contributed by atoms with van der Waals surface area (Å²) in [5.41, 5.74) is 0. The van der Waals surface area contributed by atoms with E-state index in [4.69, 9.17) is 9.47 Å². The van der Waals surface area contributed by atoms with Crippen LogP contribution in [0.2, 0.25) is 0 Å². The van der Waals surface area contributed by atoms with Gasteiger partial charge in [-0.05, 0) is 85.9 Å². The first kappa shape index (κ1) is 19.7. The van der Waals surface area contributed by atoms with Gasteiger partial charge in [0, 0.05) is 0 Å². The second-order valence-corrected chi connectivity index (χ2v) is 8.30. The molecule has 5 rings (SSSR count). The number of rotatable bonds is 7. The summed E-state index contributed by atoms with van der Waals surface area (Å²) >= 11 is 0. The van der Waals surface area contributed by atoms with Crippen LogP contribution in [0.1, 0.15) is 32.6 Å². The van der Waals surface area contributed by atoms with E-state index in [1.54, 1.807) is 7.11 Å². The van der Waals surface area contributed by atoms with Crippen molar-refractivity contribution in [2.75, 3.05) is 13.7 Å². The zero-order valence-electron chi connectivity index (χ0n) is 18.3. The maximum Gasteiger partial charge on any atom is 0.119 e. The first-order valence-electron chi connectivity index (χ1n) is 11.3. The molecular formula is C29H28O2. The first-order chi connectivity index (χ1) is 15.3. The van der Waals surface area contributed by atoms with E-state index >= 15 is 0 Å². The van der Waals surface area contributed by atoms with Crippen molar-refractivity contribution < 1.29 is 9.47 Å². The van der Waals surface area contributed by atoms with Crippen molar-refractivity contribution in [3.8, 4) is 11.5 Å². The third-order valence-electron chi connectivity index (χ3n) is 6.24. The van der Waals surface area contributed by atoms with Gasteiger partial charge < -0.3 is 9.47 Å². The molecule has 0 saturated heterocycles. The minimum atomic E-state index is 0.793. The summed E-state index contributed by atoms with van der Waals surface area (Å²) in [6.45, 7) is 3.03. The Morgan fingerprint density at radius 3 is 1.68 bits per heavy atom. The van der Waals surface area contributed by atoms with Crippen LogP contribution in [0, 0.1) is 0 Å². The second kappa shape index (κ2) is 8.47. The van der Waals surface area contributed by atoms with E-state index in [0.717, 1.165) is 24.5 Å². The highest BCUT2D eigenvalue weighted by Gasteiger charge is 2.08. The average molecular weight is 409 g/mol. The van der Waals surface area contributed by atoms with Crippen LogP contribution < -0.4 is 9.47 Å². The Morgan fingerprint density at radius 2 is 1.10 bits per heavy atom.